The van der Waals surface area contributed by atoms with E-state index >= 15 is 0 Å². The van der Waals surface area contributed by atoms with Crippen LogP contribution in [-0.2, 0) is 11.3 Å². The monoisotopic (exact) mass is 375 g/mol. The number of rotatable bonds is 6. The van der Waals surface area contributed by atoms with Gasteiger partial charge in [-0.1, -0.05) is 30.3 Å². The van der Waals surface area contributed by atoms with E-state index in [1.807, 2.05) is 6.07 Å². The lowest BCUT2D eigenvalue weighted by molar-refractivity contribution is -0.111. The van der Waals surface area contributed by atoms with Crippen molar-refractivity contribution in [2.24, 2.45) is 0 Å². The van der Waals surface area contributed by atoms with E-state index in [0.717, 1.165) is 5.56 Å². The van der Waals surface area contributed by atoms with E-state index in [9.17, 15) is 14.0 Å². The van der Waals surface area contributed by atoms with E-state index in [0.29, 0.717) is 23.4 Å². The molecule has 2 aromatic carbocycles. The second kappa shape index (κ2) is 9.23. The molecule has 1 heterocycles. The molecule has 0 aliphatic carbocycles. The van der Waals surface area contributed by atoms with Crippen LogP contribution >= 0.6 is 0 Å². The molecule has 0 fully saturated rings. The summed E-state index contributed by atoms with van der Waals surface area (Å²) < 4.78 is 12.9. The Morgan fingerprint density at radius 2 is 1.79 bits per heavy atom. The van der Waals surface area contributed by atoms with Gasteiger partial charge in [-0.05, 0) is 47.5 Å². The molecule has 0 radical (unpaired) electrons. The minimum Gasteiger partial charge on any atom is -0.348 e. The molecule has 1 aromatic heterocycles. The number of para-hydroxylation sites is 1. The first-order valence-electron chi connectivity index (χ1n) is 8.62. The average Bonchev–Trinajstić information content (AvgIpc) is 2.73. The summed E-state index contributed by atoms with van der Waals surface area (Å²) in [7, 11) is 0. The molecular weight excluding hydrogens is 357 g/mol. The van der Waals surface area contributed by atoms with Gasteiger partial charge >= 0.3 is 0 Å². The molecule has 2 amide bonds. The van der Waals surface area contributed by atoms with Crippen molar-refractivity contribution in [2.45, 2.75) is 6.54 Å². The number of amides is 2. The highest BCUT2D eigenvalue weighted by Crippen LogP contribution is 2.15. The van der Waals surface area contributed by atoms with Gasteiger partial charge in [0, 0.05) is 25.0 Å². The molecule has 0 aliphatic heterocycles. The molecule has 140 valence electrons. The Labute approximate surface area is 161 Å². The molecule has 2 N–H and O–H groups in total. The Kier molecular flexibility index (Phi) is 6.25. The fourth-order valence-electron chi connectivity index (χ4n) is 2.49. The number of halogens is 1. The maximum Gasteiger partial charge on any atom is 0.253 e. The molecule has 3 aromatic rings. The highest BCUT2D eigenvalue weighted by Gasteiger charge is 2.12. The van der Waals surface area contributed by atoms with Crippen LogP contribution < -0.4 is 10.6 Å². The lowest BCUT2D eigenvalue weighted by atomic mass is 10.1. The topological polar surface area (TPSA) is 71.1 Å². The van der Waals surface area contributed by atoms with Crippen LogP contribution in [0.2, 0.25) is 0 Å². The van der Waals surface area contributed by atoms with Gasteiger partial charge in [-0.15, -0.1) is 0 Å². The van der Waals surface area contributed by atoms with Crippen molar-refractivity contribution in [3.05, 3.63) is 102 Å². The summed E-state index contributed by atoms with van der Waals surface area (Å²) in [5, 5.41) is 5.51. The molecule has 0 spiro atoms. The normalized spacial score (nSPS) is 10.6. The van der Waals surface area contributed by atoms with Crippen molar-refractivity contribution in [1.29, 1.82) is 0 Å². The zero-order chi connectivity index (χ0) is 19.8. The summed E-state index contributed by atoms with van der Waals surface area (Å²) in [6.07, 6.45) is 6.24. The lowest BCUT2D eigenvalue weighted by Gasteiger charge is -2.10. The van der Waals surface area contributed by atoms with Gasteiger partial charge in [-0.3, -0.25) is 14.6 Å². The van der Waals surface area contributed by atoms with Crippen LogP contribution in [0.5, 0.6) is 0 Å². The van der Waals surface area contributed by atoms with Gasteiger partial charge in [0.15, 0.2) is 0 Å². The second-order valence-electron chi connectivity index (χ2n) is 5.96. The van der Waals surface area contributed by atoms with Crippen LogP contribution in [-0.4, -0.2) is 16.8 Å². The third kappa shape index (κ3) is 5.35. The fraction of sp³-hybridized carbons (Fsp3) is 0.0455. The van der Waals surface area contributed by atoms with E-state index in [2.05, 4.69) is 15.6 Å². The van der Waals surface area contributed by atoms with Crippen LogP contribution in [0, 0.1) is 5.82 Å². The fourth-order valence-corrected chi connectivity index (χ4v) is 2.49. The second-order valence-corrected chi connectivity index (χ2v) is 5.96. The Bertz CT molecular complexity index is 986. The van der Waals surface area contributed by atoms with E-state index < -0.39 is 5.91 Å². The zero-order valence-corrected chi connectivity index (χ0v) is 14.9. The zero-order valence-electron chi connectivity index (χ0n) is 14.9. The van der Waals surface area contributed by atoms with Gasteiger partial charge in [0.05, 0.1) is 11.3 Å². The minimum absolute atomic E-state index is 0.303. The molecule has 0 atom stereocenters. The maximum atomic E-state index is 12.9. The molecule has 0 saturated carbocycles. The Morgan fingerprint density at radius 3 is 2.54 bits per heavy atom. The van der Waals surface area contributed by atoms with Crippen LogP contribution in [0.4, 0.5) is 10.1 Å². The smallest absolute Gasteiger partial charge is 0.253 e. The van der Waals surface area contributed by atoms with Crippen LogP contribution in [0.15, 0.2) is 79.1 Å². The molecule has 28 heavy (non-hydrogen) atoms. The summed E-state index contributed by atoms with van der Waals surface area (Å²) in [5.74, 6) is -1.04. The molecule has 0 saturated heterocycles. The highest BCUT2D eigenvalue weighted by atomic mass is 19.1. The molecule has 0 bridgehead atoms. The summed E-state index contributed by atoms with van der Waals surface area (Å²) in [4.78, 5) is 28.7. The number of nitrogens with zero attached hydrogens (tertiary/aromatic N) is 1. The molecule has 6 heteroatoms. The summed E-state index contributed by atoms with van der Waals surface area (Å²) >= 11 is 0. The quantitative estimate of drug-likeness (QED) is 0.644. The summed E-state index contributed by atoms with van der Waals surface area (Å²) in [6, 6.07) is 16.2. The van der Waals surface area contributed by atoms with Crippen molar-refractivity contribution in [1.82, 2.24) is 10.3 Å². The van der Waals surface area contributed by atoms with Crippen LogP contribution in [0.3, 0.4) is 0 Å². The van der Waals surface area contributed by atoms with Crippen molar-refractivity contribution >= 4 is 23.6 Å². The number of benzene rings is 2. The summed E-state index contributed by atoms with van der Waals surface area (Å²) in [6.45, 7) is 0.333. The molecule has 0 unspecified atom stereocenters. The van der Waals surface area contributed by atoms with Crippen molar-refractivity contribution in [2.75, 3.05) is 5.32 Å². The molecule has 3 rings (SSSR count). The Hall–Kier alpha value is -3.80. The molecular formula is C22H18FN3O2. The van der Waals surface area contributed by atoms with Gasteiger partial charge in [-0.2, -0.15) is 0 Å². The minimum atomic E-state index is -0.392. The van der Waals surface area contributed by atoms with Gasteiger partial charge < -0.3 is 10.6 Å². The van der Waals surface area contributed by atoms with E-state index in [1.54, 1.807) is 60.9 Å². The number of carbonyl (C=O) groups is 2. The third-order valence-corrected chi connectivity index (χ3v) is 3.90. The predicted molar refractivity (Wildman–Crippen MR) is 106 cm³/mol. The first-order chi connectivity index (χ1) is 13.6. The number of nitrogens with one attached hydrogen (secondary N) is 2. The molecule has 5 nitrogen and oxygen atoms in total. The Balaban J connectivity index is 1.65. The highest BCUT2D eigenvalue weighted by molar-refractivity contribution is 6.07. The number of hydrogen-bond donors (Lipinski definition) is 2. The van der Waals surface area contributed by atoms with Gasteiger partial charge in [-0.25, -0.2) is 4.39 Å². The van der Waals surface area contributed by atoms with E-state index in [-0.39, 0.29) is 11.7 Å². The largest absolute Gasteiger partial charge is 0.348 e. The van der Waals surface area contributed by atoms with E-state index in [1.165, 1.54) is 18.2 Å². The number of carbonyl (C=O) groups excluding carboxylic acids is 2. The summed E-state index contributed by atoms with van der Waals surface area (Å²) in [5.41, 5.74) is 2.33. The van der Waals surface area contributed by atoms with Crippen LogP contribution in [0.1, 0.15) is 21.5 Å². The van der Waals surface area contributed by atoms with Crippen molar-refractivity contribution < 1.29 is 14.0 Å². The standard InChI is InChI=1S/C22H18FN3O2/c23-18-10-7-16(8-11-18)9-12-21(27)26-20-6-2-1-5-19(20)22(28)25-15-17-4-3-13-24-14-17/h1-14H,15H2,(H,25,28)(H,26,27). The number of hydrogen-bond acceptors (Lipinski definition) is 3. The predicted octanol–water partition coefficient (Wildman–Crippen LogP) is 3.80. The lowest BCUT2D eigenvalue weighted by Crippen LogP contribution is -2.24. The number of aromatic nitrogens is 1. The average molecular weight is 375 g/mol. The molecule has 0 aliphatic rings. The van der Waals surface area contributed by atoms with Gasteiger partial charge in [0.25, 0.3) is 5.91 Å². The van der Waals surface area contributed by atoms with Crippen molar-refractivity contribution in [3.8, 4) is 0 Å². The van der Waals surface area contributed by atoms with Crippen LogP contribution in [0.25, 0.3) is 6.08 Å². The first kappa shape index (κ1) is 19.0. The third-order valence-electron chi connectivity index (χ3n) is 3.90. The maximum absolute atomic E-state index is 12.9. The van der Waals surface area contributed by atoms with Crippen molar-refractivity contribution in [3.63, 3.8) is 0 Å². The first-order valence-corrected chi connectivity index (χ1v) is 8.62. The number of pyridine rings is 1. The van der Waals surface area contributed by atoms with E-state index in [4.69, 9.17) is 0 Å². The van der Waals surface area contributed by atoms with Gasteiger partial charge in [0.2, 0.25) is 5.91 Å². The Morgan fingerprint density at radius 1 is 1.00 bits per heavy atom. The number of anilines is 1. The SMILES string of the molecule is O=C(C=Cc1ccc(F)cc1)Nc1ccccc1C(=O)NCc1cccnc1. The van der Waals surface area contributed by atoms with Gasteiger partial charge in [0.1, 0.15) is 5.82 Å².